The zero-order valence-corrected chi connectivity index (χ0v) is 24.3. The summed E-state index contributed by atoms with van der Waals surface area (Å²) in [5.41, 5.74) is 0.652. The fourth-order valence-corrected chi connectivity index (χ4v) is 10.2. The Bertz CT molecular complexity index is 1760. The van der Waals surface area contributed by atoms with E-state index in [1.807, 2.05) is 37.3 Å². The minimum absolute atomic E-state index is 0.0797. The van der Waals surface area contributed by atoms with E-state index in [-0.39, 0.29) is 17.3 Å². The third-order valence-electron chi connectivity index (χ3n) is 7.88. The van der Waals surface area contributed by atoms with Crippen LogP contribution in [0.5, 0.6) is 0 Å². The molecule has 2 fully saturated rings. The number of aryl methyl sites for hydroxylation is 1. The van der Waals surface area contributed by atoms with Gasteiger partial charge in [0.1, 0.15) is 11.7 Å². The molecule has 0 amide bonds. The summed E-state index contributed by atoms with van der Waals surface area (Å²) >= 11 is 0. The van der Waals surface area contributed by atoms with E-state index < -0.39 is 24.9 Å². The van der Waals surface area contributed by atoms with Gasteiger partial charge < -0.3 is 9.41 Å². The lowest BCUT2D eigenvalue weighted by Crippen LogP contribution is -2.48. The lowest BCUT2D eigenvalue weighted by molar-refractivity contribution is -0.137. The number of hydrogen-bond acceptors (Lipinski definition) is 4. The molecule has 43 heavy (non-hydrogen) atoms. The summed E-state index contributed by atoms with van der Waals surface area (Å²) in [5, 5.41) is 5.59. The Morgan fingerprint density at radius 1 is 0.907 bits per heavy atom. The van der Waals surface area contributed by atoms with Crippen LogP contribution in [0.1, 0.15) is 29.7 Å². The first kappa shape index (κ1) is 28.0. The van der Waals surface area contributed by atoms with E-state index in [9.17, 15) is 13.2 Å². The van der Waals surface area contributed by atoms with E-state index in [2.05, 4.69) is 9.34 Å². The molecule has 4 aromatic rings. The third kappa shape index (κ3) is 4.80. The van der Waals surface area contributed by atoms with Crippen molar-refractivity contribution >= 4 is 30.0 Å². The molecular weight excluding hydrogens is 579 g/mol. The summed E-state index contributed by atoms with van der Waals surface area (Å²) in [7, 11) is -3.33. The number of aliphatic imine (C=N–C) groups is 1. The first-order chi connectivity index (χ1) is 20.8. The molecule has 7 nitrogen and oxygen atoms in total. The van der Waals surface area contributed by atoms with Gasteiger partial charge in [-0.05, 0) is 56.2 Å². The van der Waals surface area contributed by atoms with Crippen LogP contribution in [-0.2, 0) is 10.9 Å². The van der Waals surface area contributed by atoms with E-state index in [1.54, 1.807) is 28.9 Å². The van der Waals surface area contributed by atoms with Gasteiger partial charge in [0, 0.05) is 19.1 Å². The SMILES string of the molecule is Cc1nn(-c2ccccc2)c2c1P(=Nc1ccccc1C(F)(F)F)(N1CCOCC1)N(C1CC1)C(c1ccccc1F)=N2. The topological polar surface area (TPSA) is 58.3 Å². The van der Waals surface area contributed by atoms with Crippen molar-refractivity contribution < 1.29 is 22.3 Å². The minimum atomic E-state index is -4.62. The van der Waals surface area contributed by atoms with Crippen molar-refractivity contribution in [1.29, 1.82) is 0 Å². The van der Waals surface area contributed by atoms with Crippen molar-refractivity contribution in [3.8, 4) is 5.69 Å². The van der Waals surface area contributed by atoms with Crippen LogP contribution in [0.2, 0.25) is 0 Å². The molecule has 1 aromatic heterocycles. The number of aromatic nitrogens is 2. The molecule has 1 aliphatic carbocycles. The molecule has 7 rings (SSSR count). The van der Waals surface area contributed by atoms with Gasteiger partial charge in [0.2, 0.25) is 0 Å². The number of amidine groups is 1. The average Bonchev–Trinajstić information content (AvgIpc) is 3.79. The zero-order valence-electron chi connectivity index (χ0n) is 23.4. The summed E-state index contributed by atoms with van der Waals surface area (Å²) in [6.45, 7) is 3.52. The van der Waals surface area contributed by atoms with Crippen molar-refractivity contribution in [2.24, 2.45) is 9.74 Å². The van der Waals surface area contributed by atoms with Crippen LogP contribution in [0.4, 0.5) is 29.1 Å². The molecule has 12 heteroatoms. The van der Waals surface area contributed by atoms with Crippen molar-refractivity contribution in [2.75, 3.05) is 26.3 Å². The molecule has 222 valence electrons. The van der Waals surface area contributed by atoms with Crippen molar-refractivity contribution in [1.82, 2.24) is 19.1 Å². The Balaban J connectivity index is 1.63. The number of ether oxygens (including phenoxy) is 1. The standard InChI is InChI=1S/C31H29F4N6OP/c1-21-28-30(40(37-21)22-9-3-2-4-10-22)36-29(24-11-5-7-13-26(24)32)41(23-15-16-23)43(28,39-17-19-42-20-18-39)38-27-14-8-6-12-25(27)31(33,34)35/h2-14,23H,15-20H2,1H3. The van der Waals surface area contributed by atoms with Gasteiger partial charge in [-0.15, -0.1) is 0 Å². The van der Waals surface area contributed by atoms with Crippen LogP contribution in [0, 0.1) is 12.7 Å². The molecule has 1 unspecified atom stereocenters. The predicted octanol–water partition coefficient (Wildman–Crippen LogP) is 7.22. The highest BCUT2D eigenvalue weighted by Crippen LogP contribution is 2.66. The molecule has 3 aliphatic rings. The quantitative estimate of drug-likeness (QED) is 0.178. The van der Waals surface area contributed by atoms with E-state index in [1.165, 1.54) is 18.2 Å². The van der Waals surface area contributed by atoms with Crippen molar-refractivity contribution in [3.63, 3.8) is 0 Å². The van der Waals surface area contributed by atoms with Crippen LogP contribution in [-0.4, -0.2) is 57.3 Å². The molecule has 3 heterocycles. The number of fused-ring (bicyclic) bond motifs is 1. The summed E-state index contributed by atoms with van der Waals surface area (Å²) in [5.74, 6) is 0.346. The van der Waals surface area contributed by atoms with Gasteiger partial charge in [0.15, 0.2) is 13.2 Å². The largest absolute Gasteiger partial charge is 0.418 e. The number of nitrogens with zero attached hydrogens (tertiary/aromatic N) is 6. The molecule has 1 atom stereocenters. The van der Waals surface area contributed by atoms with Crippen LogP contribution < -0.4 is 5.30 Å². The summed E-state index contributed by atoms with van der Waals surface area (Å²) in [6, 6.07) is 21.2. The maximum absolute atomic E-state index is 15.6. The van der Waals surface area contributed by atoms with Crippen LogP contribution >= 0.6 is 7.36 Å². The Hall–Kier alpha value is -3.79. The van der Waals surface area contributed by atoms with Gasteiger partial charge in [-0.1, -0.05) is 42.5 Å². The van der Waals surface area contributed by atoms with E-state index in [4.69, 9.17) is 19.6 Å². The van der Waals surface area contributed by atoms with E-state index in [0.29, 0.717) is 49.0 Å². The second-order valence-electron chi connectivity index (χ2n) is 10.7. The Kier molecular flexibility index (Phi) is 6.99. The first-order valence-corrected chi connectivity index (χ1v) is 15.8. The van der Waals surface area contributed by atoms with Crippen molar-refractivity contribution in [2.45, 2.75) is 32.0 Å². The molecule has 1 saturated carbocycles. The van der Waals surface area contributed by atoms with E-state index >= 15 is 4.39 Å². The summed E-state index contributed by atoms with van der Waals surface area (Å²) in [4.78, 5) is 5.11. The second-order valence-corrected chi connectivity index (χ2v) is 13.5. The Labute approximate surface area is 246 Å². The summed E-state index contributed by atoms with van der Waals surface area (Å²) < 4.78 is 75.9. The lowest BCUT2D eigenvalue weighted by atomic mass is 10.2. The average molecular weight is 609 g/mol. The molecule has 0 spiro atoms. The van der Waals surface area contributed by atoms with Gasteiger partial charge in [-0.2, -0.15) is 18.3 Å². The molecule has 2 aliphatic heterocycles. The van der Waals surface area contributed by atoms with Gasteiger partial charge >= 0.3 is 6.18 Å². The van der Waals surface area contributed by atoms with Gasteiger partial charge in [0.05, 0.1) is 46.7 Å². The van der Waals surface area contributed by atoms with Crippen LogP contribution in [0.25, 0.3) is 5.69 Å². The number of benzene rings is 3. The molecule has 0 radical (unpaired) electrons. The Morgan fingerprint density at radius 3 is 2.28 bits per heavy atom. The maximum Gasteiger partial charge on any atom is 0.418 e. The van der Waals surface area contributed by atoms with Crippen LogP contribution in [0.3, 0.4) is 0 Å². The highest BCUT2D eigenvalue weighted by Gasteiger charge is 2.52. The minimum Gasteiger partial charge on any atom is -0.379 e. The number of hydrogen-bond donors (Lipinski definition) is 0. The number of halogens is 4. The van der Waals surface area contributed by atoms with Gasteiger partial charge in [-0.3, -0.25) is 0 Å². The number of morpholine rings is 1. The number of rotatable bonds is 5. The third-order valence-corrected chi connectivity index (χ3v) is 11.8. The molecular formula is C31H29F4N6OP. The zero-order chi connectivity index (χ0) is 29.8. The monoisotopic (exact) mass is 608 g/mol. The highest BCUT2D eigenvalue weighted by molar-refractivity contribution is 7.70. The van der Waals surface area contributed by atoms with Crippen LogP contribution in [0.15, 0.2) is 88.6 Å². The first-order valence-electron chi connectivity index (χ1n) is 14.2. The maximum atomic E-state index is 15.6. The normalized spacial score (nSPS) is 21.0. The molecule has 0 bridgehead atoms. The molecule has 3 aromatic carbocycles. The second kappa shape index (κ2) is 10.7. The fraction of sp³-hybridized carbons (Fsp3) is 0.290. The fourth-order valence-electron chi connectivity index (χ4n) is 5.87. The van der Waals surface area contributed by atoms with Crippen molar-refractivity contribution in [3.05, 3.63) is 102 Å². The summed E-state index contributed by atoms with van der Waals surface area (Å²) in [6.07, 6.45) is -3.04. The molecule has 1 saturated heterocycles. The van der Waals surface area contributed by atoms with E-state index in [0.717, 1.165) is 24.6 Å². The van der Waals surface area contributed by atoms with Gasteiger partial charge in [-0.25, -0.2) is 23.5 Å². The lowest BCUT2D eigenvalue weighted by Gasteiger charge is -2.48. The van der Waals surface area contributed by atoms with Gasteiger partial charge in [0.25, 0.3) is 0 Å². The highest BCUT2D eigenvalue weighted by atomic mass is 31.2. The molecule has 0 N–H and O–H groups in total. The predicted molar refractivity (Wildman–Crippen MR) is 158 cm³/mol. The smallest absolute Gasteiger partial charge is 0.379 e. The number of para-hydroxylation sites is 1. The number of alkyl halides is 3. The Morgan fingerprint density at radius 2 is 1.58 bits per heavy atom.